The van der Waals surface area contributed by atoms with Crippen LogP contribution in [0.2, 0.25) is 0 Å². The van der Waals surface area contributed by atoms with Crippen molar-refractivity contribution >= 4 is 11.9 Å². The number of carbonyl (C=O) groups is 2. The summed E-state index contributed by atoms with van der Waals surface area (Å²) in [4.78, 5) is 26.4. The van der Waals surface area contributed by atoms with Crippen LogP contribution in [0.3, 0.4) is 0 Å². The van der Waals surface area contributed by atoms with E-state index in [0.29, 0.717) is 18.4 Å². The fourth-order valence-electron chi connectivity index (χ4n) is 3.75. The van der Waals surface area contributed by atoms with E-state index in [2.05, 4.69) is 5.32 Å². The maximum atomic E-state index is 13.3. The predicted molar refractivity (Wildman–Crippen MR) is 88.0 cm³/mol. The summed E-state index contributed by atoms with van der Waals surface area (Å²) in [6.07, 6.45) is 0.0728. The summed E-state index contributed by atoms with van der Waals surface area (Å²) in [5.41, 5.74) is 1.14. The molecule has 2 aromatic carbocycles. The molecule has 128 valence electrons. The number of nitrogens with zero attached hydrogens (tertiary/aromatic N) is 1. The molecule has 2 N–H and O–H groups in total. The smallest absolute Gasteiger partial charge is 0.325 e. The van der Waals surface area contributed by atoms with Gasteiger partial charge in [0.05, 0.1) is 12.6 Å². The molecule has 0 saturated carbocycles. The van der Waals surface area contributed by atoms with Crippen molar-refractivity contribution in [2.45, 2.75) is 24.5 Å². The normalized spacial score (nSPS) is 23.0. The van der Waals surface area contributed by atoms with E-state index in [1.165, 1.54) is 18.2 Å². The van der Waals surface area contributed by atoms with E-state index in [0.717, 1.165) is 16.0 Å². The minimum Gasteiger partial charge on any atom is -0.387 e. The lowest BCUT2D eigenvalue weighted by atomic mass is 9.92. The number of nitrogens with one attached hydrogen (secondary N) is 1. The first kappa shape index (κ1) is 15.8. The third-order valence-electron chi connectivity index (χ3n) is 5.01. The highest BCUT2D eigenvalue weighted by Crippen LogP contribution is 2.41. The average molecular weight is 340 g/mol. The molecule has 1 saturated heterocycles. The van der Waals surface area contributed by atoms with Gasteiger partial charge in [-0.2, -0.15) is 0 Å². The standard InChI is InChI=1S/C19H17FN2O3/c20-14-6-3-5-13(10-14)16(23)11-22-17(24)19(21-18(22)25)9-8-12-4-1-2-7-15(12)19/h1-7,10,16,23H,8-9,11H2,(H,21,25)/t16-,19+/m0/s1. The molecule has 6 heteroatoms. The van der Waals surface area contributed by atoms with E-state index in [1.54, 1.807) is 6.07 Å². The van der Waals surface area contributed by atoms with Crippen LogP contribution in [0.1, 0.15) is 29.2 Å². The maximum absolute atomic E-state index is 13.3. The number of amides is 3. The third-order valence-corrected chi connectivity index (χ3v) is 5.01. The van der Waals surface area contributed by atoms with Gasteiger partial charge in [-0.3, -0.25) is 9.69 Å². The van der Waals surface area contributed by atoms with Crippen LogP contribution in [0.25, 0.3) is 0 Å². The second-order valence-corrected chi connectivity index (χ2v) is 6.48. The lowest BCUT2D eigenvalue weighted by Crippen LogP contribution is -2.42. The summed E-state index contributed by atoms with van der Waals surface area (Å²) in [7, 11) is 0. The van der Waals surface area contributed by atoms with Gasteiger partial charge in [0.1, 0.15) is 11.4 Å². The first-order valence-corrected chi connectivity index (χ1v) is 8.17. The molecular weight excluding hydrogens is 323 g/mol. The maximum Gasteiger partial charge on any atom is 0.325 e. The number of aryl methyl sites for hydroxylation is 1. The number of β-amino-alcohol motifs (C(OH)–C–C–N with tert-alkyl or cyclic N) is 1. The molecule has 25 heavy (non-hydrogen) atoms. The van der Waals surface area contributed by atoms with Crippen LogP contribution in [0, 0.1) is 5.82 Å². The molecule has 1 aliphatic carbocycles. The van der Waals surface area contributed by atoms with Gasteiger partial charge < -0.3 is 10.4 Å². The molecule has 1 fully saturated rings. The fourth-order valence-corrected chi connectivity index (χ4v) is 3.75. The molecule has 2 aliphatic rings. The van der Waals surface area contributed by atoms with Gasteiger partial charge in [0, 0.05) is 0 Å². The zero-order chi connectivity index (χ0) is 17.6. The first-order chi connectivity index (χ1) is 12.0. The molecule has 0 bridgehead atoms. The molecule has 2 aromatic rings. The summed E-state index contributed by atoms with van der Waals surface area (Å²) in [5.74, 6) is -0.840. The number of imide groups is 1. The summed E-state index contributed by atoms with van der Waals surface area (Å²) < 4.78 is 13.3. The van der Waals surface area contributed by atoms with Crippen molar-refractivity contribution in [3.8, 4) is 0 Å². The largest absolute Gasteiger partial charge is 0.387 e. The minimum absolute atomic E-state index is 0.210. The molecule has 1 heterocycles. The van der Waals surface area contributed by atoms with Gasteiger partial charge >= 0.3 is 6.03 Å². The number of urea groups is 1. The lowest BCUT2D eigenvalue weighted by Gasteiger charge is -2.23. The number of halogens is 1. The number of hydrogen-bond donors (Lipinski definition) is 2. The van der Waals surface area contributed by atoms with E-state index in [1.807, 2.05) is 24.3 Å². The molecule has 2 atom stereocenters. The van der Waals surface area contributed by atoms with Gasteiger partial charge in [-0.25, -0.2) is 9.18 Å². The lowest BCUT2D eigenvalue weighted by molar-refractivity contribution is -0.132. The molecule has 4 rings (SSSR count). The highest BCUT2D eigenvalue weighted by Gasteiger charge is 2.55. The minimum atomic E-state index is -1.14. The second-order valence-electron chi connectivity index (χ2n) is 6.48. The molecule has 1 spiro atoms. The van der Waals surface area contributed by atoms with Crippen molar-refractivity contribution in [1.82, 2.24) is 10.2 Å². The topological polar surface area (TPSA) is 69.6 Å². The van der Waals surface area contributed by atoms with Gasteiger partial charge in [-0.05, 0) is 41.7 Å². The van der Waals surface area contributed by atoms with Crippen LogP contribution < -0.4 is 5.32 Å². The predicted octanol–water partition coefficient (Wildman–Crippen LogP) is 2.25. The average Bonchev–Trinajstić information content (AvgIpc) is 3.09. The Labute approximate surface area is 144 Å². The van der Waals surface area contributed by atoms with Gasteiger partial charge in [0.25, 0.3) is 5.91 Å². The van der Waals surface area contributed by atoms with Crippen LogP contribution in [0.15, 0.2) is 48.5 Å². The van der Waals surface area contributed by atoms with Gasteiger partial charge in [-0.1, -0.05) is 36.4 Å². The van der Waals surface area contributed by atoms with Crippen molar-refractivity contribution in [2.75, 3.05) is 6.54 Å². The van der Waals surface area contributed by atoms with Crippen LogP contribution in [-0.2, 0) is 16.8 Å². The zero-order valence-corrected chi connectivity index (χ0v) is 13.4. The van der Waals surface area contributed by atoms with Crippen molar-refractivity contribution in [3.05, 3.63) is 71.0 Å². The summed E-state index contributed by atoms with van der Waals surface area (Å²) in [6.45, 7) is -0.210. The van der Waals surface area contributed by atoms with E-state index in [-0.39, 0.29) is 12.5 Å². The Bertz CT molecular complexity index is 869. The Morgan fingerprint density at radius 2 is 2.00 bits per heavy atom. The third kappa shape index (κ3) is 2.41. The number of fused-ring (bicyclic) bond motifs is 2. The molecule has 0 radical (unpaired) electrons. The summed E-state index contributed by atoms with van der Waals surface area (Å²) >= 11 is 0. The van der Waals surface area contributed by atoms with Gasteiger partial charge in [0.15, 0.2) is 0 Å². The molecule has 0 unspecified atom stereocenters. The molecular formula is C19H17FN2O3. The Balaban J connectivity index is 1.61. The highest BCUT2D eigenvalue weighted by atomic mass is 19.1. The van der Waals surface area contributed by atoms with E-state index < -0.39 is 23.5 Å². The van der Waals surface area contributed by atoms with Crippen LogP contribution in [-0.4, -0.2) is 28.5 Å². The number of carbonyl (C=O) groups excluding carboxylic acids is 2. The van der Waals surface area contributed by atoms with Crippen LogP contribution in [0.4, 0.5) is 9.18 Å². The van der Waals surface area contributed by atoms with Crippen molar-refractivity contribution in [3.63, 3.8) is 0 Å². The van der Waals surface area contributed by atoms with Crippen molar-refractivity contribution in [1.29, 1.82) is 0 Å². The molecule has 3 amide bonds. The monoisotopic (exact) mass is 340 g/mol. The Kier molecular flexibility index (Phi) is 3.58. The van der Waals surface area contributed by atoms with E-state index in [9.17, 15) is 19.1 Å². The van der Waals surface area contributed by atoms with E-state index in [4.69, 9.17) is 0 Å². The molecule has 1 aliphatic heterocycles. The molecule has 0 aromatic heterocycles. The number of aliphatic hydroxyl groups excluding tert-OH is 1. The van der Waals surface area contributed by atoms with Gasteiger partial charge in [0.2, 0.25) is 0 Å². The zero-order valence-electron chi connectivity index (χ0n) is 13.4. The number of rotatable bonds is 3. The quantitative estimate of drug-likeness (QED) is 0.842. The Hall–Kier alpha value is -2.73. The summed E-state index contributed by atoms with van der Waals surface area (Å²) in [6, 6.07) is 12.5. The number of aliphatic hydroxyl groups is 1. The highest BCUT2D eigenvalue weighted by molar-refractivity contribution is 6.08. The summed E-state index contributed by atoms with van der Waals surface area (Å²) in [5, 5.41) is 13.1. The van der Waals surface area contributed by atoms with E-state index >= 15 is 0 Å². The van der Waals surface area contributed by atoms with Crippen LogP contribution in [0.5, 0.6) is 0 Å². The number of hydrogen-bond acceptors (Lipinski definition) is 3. The van der Waals surface area contributed by atoms with Crippen LogP contribution >= 0.6 is 0 Å². The first-order valence-electron chi connectivity index (χ1n) is 8.17. The molecule has 5 nitrogen and oxygen atoms in total. The SMILES string of the molecule is O=C1N[C@@]2(CCc3ccccc32)C(=O)N1C[C@H](O)c1cccc(F)c1. The van der Waals surface area contributed by atoms with Gasteiger partial charge in [-0.15, -0.1) is 0 Å². The second kappa shape index (κ2) is 5.67. The number of benzene rings is 2. The Morgan fingerprint density at radius 1 is 1.20 bits per heavy atom. The Morgan fingerprint density at radius 3 is 2.80 bits per heavy atom. The fraction of sp³-hybridized carbons (Fsp3) is 0.263. The van der Waals surface area contributed by atoms with Crippen molar-refractivity contribution < 1.29 is 19.1 Å². The van der Waals surface area contributed by atoms with Crippen molar-refractivity contribution in [2.24, 2.45) is 0 Å².